The highest BCUT2D eigenvalue weighted by molar-refractivity contribution is 7.92. The molecule has 1 aliphatic carbocycles. The summed E-state index contributed by atoms with van der Waals surface area (Å²) >= 11 is 0. The minimum atomic E-state index is -5.53. The average molecular weight is 413 g/mol. The molecule has 0 saturated heterocycles. The van der Waals surface area contributed by atoms with Gasteiger partial charge < -0.3 is 5.32 Å². The summed E-state index contributed by atoms with van der Waals surface area (Å²) in [6.45, 7) is 0.967. The summed E-state index contributed by atoms with van der Waals surface area (Å²) < 4.78 is 101. The van der Waals surface area contributed by atoms with E-state index >= 15 is 0 Å². The Morgan fingerprint density at radius 2 is 1.46 bits per heavy atom. The summed E-state index contributed by atoms with van der Waals surface area (Å²) in [4.78, 5) is 11.2. The first-order valence-corrected chi connectivity index (χ1v) is 9.50. The minimum absolute atomic E-state index is 0. The first-order chi connectivity index (χ1) is 11.3. The summed E-state index contributed by atoms with van der Waals surface area (Å²) in [7, 11) is -4.07. The average Bonchev–Trinajstić information content (AvgIpc) is 2.44. The molecule has 1 rings (SSSR count). The lowest BCUT2D eigenvalue weighted by atomic mass is 10.0. The standard InChI is InChI=1S/C14H21F6NO3S.CH4/c1-9(22)21-12(25(23,24)10-5-3-2-4-6-10)8-7-11(13(15,16)17)14(18,19)20;/h10-12H,2-8H2,1H3,(H,21,22);1H4. The second-order valence-electron chi connectivity index (χ2n) is 6.25. The lowest BCUT2D eigenvalue weighted by Crippen LogP contribution is -2.46. The number of hydrogen-bond donors (Lipinski definition) is 1. The fourth-order valence-corrected chi connectivity index (χ4v) is 5.25. The molecule has 0 aromatic carbocycles. The van der Waals surface area contributed by atoms with Crippen molar-refractivity contribution in [1.29, 1.82) is 0 Å². The van der Waals surface area contributed by atoms with Crippen LogP contribution in [-0.2, 0) is 14.6 Å². The fourth-order valence-electron chi connectivity index (χ4n) is 3.00. The molecule has 0 aromatic rings. The quantitative estimate of drug-likeness (QED) is 0.659. The molecule has 1 atom stereocenters. The molecular weight excluding hydrogens is 388 g/mol. The van der Waals surface area contributed by atoms with E-state index in [0.717, 1.165) is 13.3 Å². The van der Waals surface area contributed by atoms with Crippen molar-refractivity contribution >= 4 is 15.7 Å². The largest absolute Gasteiger partial charge is 0.400 e. The molecule has 1 unspecified atom stereocenters. The number of carbonyl (C=O) groups is 1. The van der Waals surface area contributed by atoms with Gasteiger partial charge in [-0.25, -0.2) is 8.42 Å². The van der Waals surface area contributed by atoms with Gasteiger partial charge >= 0.3 is 12.4 Å². The molecule has 26 heavy (non-hydrogen) atoms. The third-order valence-corrected chi connectivity index (χ3v) is 6.83. The van der Waals surface area contributed by atoms with Gasteiger partial charge in [-0.3, -0.25) is 4.79 Å². The van der Waals surface area contributed by atoms with Crippen LogP contribution >= 0.6 is 0 Å². The first kappa shape index (κ1) is 25.0. The predicted molar refractivity (Wildman–Crippen MR) is 85.0 cm³/mol. The third-order valence-electron chi connectivity index (χ3n) is 4.29. The van der Waals surface area contributed by atoms with Crippen molar-refractivity contribution in [1.82, 2.24) is 5.32 Å². The van der Waals surface area contributed by atoms with E-state index in [4.69, 9.17) is 0 Å². The second kappa shape index (κ2) is 9.27. The predicted octanol–water partition coefficient (Wildman–Crippen LogP) is 4.35. The molecule has 4 nitrogen and oxygen atoms in total. The van der Waals surface area contributed by atoms with Crippen LogP contribution in [0.1, 0.15) is 59.3 Å². The summed E-state index contributed by atoms with van der Waals surface area (Å²) in [5, 5.41) is -0.589. The Hall–Kier alpha value is -1.00. The topological polar surface area (TPSA) is 63.2 Å². The third kappa shape index (κ3) is 6.96. The molecule has 0 radical (unpaired) electrons. The SMILES string of the molecule is C.CC(=O)NC(CCC(C(F)(F)F)C(F)(F)F)S(=O)(=O)C1CCCCC1. The molecule has 1 fully saturated rings. The highest BCUT2D eigenvalue weighted by Crippen LogP contribution is 2.42. The maximum atomic E-state index is 12.6. The van der Waals surface area contributed by atoms with Crippen molar-refractivity contribution in [2.45, 2.75) is 82.3 Å². The van der Waals surface area contributed by atoms with Crippen molar-refractivity contribution in [2.75, 3.05) is 0 Å². The molecule has 11 heteroatoms. The van der Waals surface area contributed by atoms with Crippen LogP contribution in [0.2, 0.25) is 0 Å². The van der Waals surface area contributed by atoms with Crippen LogP contribution < -0.4 is 5.32 Å². The number of hydrogen-bond acceptors (Lipinski definition) is 3. The summed E-state index contributed by atoms with van der Waals surface area (Å²) in [5.41, 5.74) is 0. The number of sulfone groups is 1. The number of nitrogens with one attached hydrogen (secondary N) is 1. The monoisotopic (exact) mass is 413 g/mol. The number of alkyl halides is 6. The lowest BCUT2D eigenvalue weighted by molar-refractivity contribution is -0.285. The first-order valence-electron chi connectivity index (χ1n) is 7.89. The van der Waals surface area contributed by atoms with Crippen molar-refractivity contribution in [2.24, 2.45) is 5.92 Å². The van der Waals surface area contributed by atoms with Gasteiger partial charge in [0.15, 0.2) is 15.8 Å². The van der Waals surface area contributed by atoms with Crippen LogP contribution in [0.5, 0.6) is 0 Å². The number of halogens is 6. The van der Waals surface area contributed by atoms with E-state index in [1.165, 1.54) is 0 Å². The molecule has 0 heterocycles. The van der Waals surface area contributed by atoms with E-state index in [0.29, 0.717) is 25.7 Å². The Morgan fingerprint density at radius 1 is 1.00 bits per heavy atom. The zero-order chi connectivity index (χ0) is 19.5. The molecule has 1 saturated carbocycles. The highest BCUT2D eigenvalue weighted by atomic mass is 32.2. The molecule has 1 N–H and O–H groups in total. The van der Waals surface area contributed by atoms with Crippen LogP contribution in [0.25, 0.3) is 0 Å². The normalized spacial score (nSPS) is 18.3. The molecule has 0 aromatic heterocycles. The van der Waals surface area contributed by atoms with E-state index < -0.39 is 57.5 Å². The zero-order valence-electron chi connectivity index (χ0n) is 13.6. The van der Waals surface area contributed by atoms with E-state index in [-0.39, 0.29) is 7.43 Å². The fraction of sp³-hybridized carbons (Fsp3) is 0.933. The molecular formula is C15H25F6NO3S. The molecule has 0 aliphatic heterocycles. The van der Waals surface area contributed by atoms with Gasteiger partial charge in [-0.05, 0) is 25.7 Å². The number of amides is 1. The van der Waals surface area contributed by atoms with Crippen LogP contribution in [-0.4, -0.2) is 37.3 Å². The Bertz CT molecular complexity index is 539. The van der Waals surface area contributed by atoms with E-state index in [9.17, 15) is 39.6 Å². The van der Waals surface area contributed by atoms with Gasteiger partial charge in [-0.2, -0.15) is 26.3 Å². The molecule has 0 spiro atoms. The van der Waals surface area contributed by atoms with Gasteiger partial charge in [0.1, 0.15) is 5.37 Å². The minimum Gasteiger partial charge on any atom is -0.340 e. The van der Waals surface area contributed by atoms with Crippen LogP contribution in [0, 0.1) is 5.92 Å². The van der Waals surface area contributed by atoms with Gasteiger partial charge in [-0.1, -0.05) is 26.7 Å². The van der Waals surface area contributed by atoms with Gasteiger partial charge in [-0.15, -0.1) is 0 Å². The van der Waals surface area contributed by atoms with Crippen molar-refractivity contribution in [3.63, 3.8) is 0 Å². The van der Waals surface area contributed by atoms with E-state index in [1.807, 2.05) is 5.32 Å². The van der Waals surface area contributed by atoms with Crippen molar-refractivity contribution < 1.29 is 39.6 Å². The Labute approximate surface area is 149 Å². The van der Waals surface area contributed by atoms with Crippen molar-refractivity contribution in [3.8, 4) is 0 Å². The van der Waals surface area contributed by atoms with Gasteiger partial charge in [0.2, 0.25) is 5.91 Å². The smallest absolute Gasteiger partial charge is 0.340 e. The summed E-state index contributed by atoms with van der Waals surface area (Å²) in [6.07, 6.45) is -10.8. The van der Waals surface area contributed by atoms with Gasteiger partial charge in [0.25, 0.3) is 0 Å². The van der Waals surface area contributed by atoms with Crippen LogP contribution in [0.3, 0.4) is 0 Å². The number of rotatable bonds is 6. The Morgan fingerprint density at radius 3 is 1.85 bits per heavy atom. The van der Waals surface area contributed by atoms with Crippen LogP contribution in [0.4, 0.5) is 26.3 Å². The summed E-state index contributed by atoms with van der Waals surface area (Å²) in [6, 6.07) is 0. The van der Waals surface area contributed by atoms with Crippen LogP contribution in [0.15, 0.2) is 0 Å². The molecule has 156 valence electrons. The molecule has 0 bridgehead atoms. The van der Waals surface area contributed by atoms with E-state index in [2.05, 4.69) is 0 Å². The number of carbonyl (C=O) groups excluding carboxylic acids is 1. The summed E-state index contributed by atoms with van der Waals surface area (Å²) in [5.74, 6) is -4.45. The maximum Gasteiger partial charge on any atom is 0.400 e. The Balaban J connectivity index is 0.00000625. The molecule has 1 amide bonds. The zero-order valence-corrected chi connectivity index (χ0v) is 14.4. The highest BCUT2D eigenvalue weighted by Gasteiger charge is 2.56. The van der Waals surface area contributed by atoms with Gasteiger partial charge in [0.05, 0.1) is 5.25 Å². The second-order valence-corrected chi connectivity index (χ2v) is 8.67. The lowest BCUT2D eigenvalue weighted by Gasteiger charge is -2.29. The van der Waals surface area contributed by atoms with E-state index in [1.54, 1.807) is 0 Å². The maximum absolute atomic E-state index is 12.6. The Kier molecular flexibility index (Phi) is 8.92. The van der Waals surface area contributed by atoms with Crippen molar-refractivity contribution in [3.05, 3.63) is 0 Å². The van der Waals surface area contributed by atoms with Gasteiger partial charge in [0, 0.05) is 6.92 Å². The molecule has 1 aliphatic rings.